The molecule has 0 aromatic carbocycles. The molecule has 0 atom stereocenters. The third kappa shape index (κ3) is 2.54. The molecule has 2 rings (SSSR count). The lowest BCUT2D eigenvalue weighted by Gasteiger charge is -2.26. The summed E-state index contributed by atoms with van der Waals surface area (Å²) in [7, 11) is 0. The van der Waals surface area contributed by atoms with Gasteiger partial charge < -0.3 is 5.11 Å². The van der Waals surface area contributed by atoms with Crippen LogP contribution in [-0.4, -0.2) is 21.5 Å². The number of aliphatic hydroxyl groups is 1. The smallest absolute Gasteiger partial charge is 0.0624 e. The van der Waals surface area contributed by atoms with E-state index in [0.29, 0.717) is 6.61 Å². The summed E-state index contributed by atoms with van der Waals surface area (Å²) < 4.78 is 2.11. The molecular formula is C14H24N2O. The molecule has 1 aromatic rings. The van der Waals surface area contributed by atoms with E-state index in [0.717, 1.165) is 19.4 Å². The van der Waals surface area contributed by atoms with Crippen LogP contribution in [0.2, 0.25) is 0 Å². The highest BCUT2D eigenvalue weighted by atomic mass is 16.3. The van der Waals surface area contributed by atoms with Crippen molar-refractivity contribution in [3.05, 3.63) is 17.5 Å². The quantitative estimate of drug-likeness (QED) is 0.853. The van der Waals surface area contributed by atoms with Gasteiger partial charge in [-0.3, -0.25) is 4.68 Å². The molecule has 0 unspecified atom stereocenters. The van der Waals surface area contributed by atoms with Crippen LogP contribution < -0.4 is 0 Å². The molecule has 1 N–H and O–H groups in total. The number of aryl methyl sites for hydroxylation is 2. The van der Waals surface area contributed by atoms with Gasteiger partial charge in [0.25, 0.3) is 0 Å². The molecule has 0 aliphatic heterocycles. The Labute approximate surface area is 104 Å². The fourth-order valence-electron chi connectivity index (χ4n) is 3.00. The van der Waals surface area contributed by atoms with Crippen LogP contribution in [0.1, 0.15) is 50.9 Å². The minimum Gasteiger partial charge on any atom is -0.396 e. The first-order chi connectivity index (χ1) is 8.23. The Morgan fingerprint density at radius 1 is 1.35 bits per heavy atom. The first-order valence-corrected chi connectivity index (χ1v) is 6.89. The maximum atomic E-state index is 9.68. The van der Waals surface area contributed by atoms with Gasteiger partial charge in [-0.1, -0.05) is 19.8 Å². The molecule has 1 aromatic heterocycles. The molecule has 0 saturated heterocycles. The number of rotatable bonds is 5. The van der Waals surface area contributed by atoms with E-state index in [9.17, 15) is 5.11 Å². The Balaban J connectivity index is 2.18. The molecule has 3 nitrogen and oxygen atoms in total. The van der Waals surface area contributed by atoms with Crippen molar-refractivity contribution < 1.29 is 5.11 Å². The van der Waals surface area contributed by atoms with E-state index in [2.05, 4.69) is 29.7 Å². The second kappa shape index (κ2) is 5.21. The van der Waals surface area contributed by atoms with Crippen LogP contribution in [0.25, 0.3) is 0 Å². The molecule has 1 aliphatic carbocycles. The second-order valence-electron chi connectivity index (χ2n) is 5.34. The van der Waals surface area contributed by atoms with E-state index in [4.69, 9.17) is 0 Å². The summed E-state index contributed by atoms with van der Waals surface area (Å²) in [6.07, 6.45) is 6.85. The summed E-state index contributed by atoms with van der Waals surface area (Å²) in [5.74, 6) is 0. The summed E-state index contributed by atoms with van der Waals surface area (Å²) in [6, 6.07) is 2.22. The monoisotopic (exact) mass is 236 g/mol. The van der Waals surface area contributed by atoms with E-state index in [-0.39, 0.29) is 5.41 Å². The third-order valence-corrected chi connectivity index (χ3v) is 4.13. The first kappa shape index (κ1) is 12.6. The van der Waals surface area contributed by atoms with Gasteiger partial charge in [0.15, 0.2) is 0 Å². The normalized spacial score (nSPS) is 18.8. The molecule has 0 spiro atoms. The number of hydrogen-bond donors (Lipinski definition) is 1. The Morgan fingerprint density at radius 2 is 2.06 bits per heavy atom. The van der Waals surface area contributed by atoms with Crippen LogP contribution in [0.5, 0.6) is 0 Å². The summed E-state index contributed by atoms with van der Waals surface area (Å²) in [6.45, 7) is 5.53. The minimum atomic E-state index is 0.137. The van der Waals surface area contributed by atoms with E-state index in [1.807, 2.05) is 0 Å². The average molecular weight is 236 g/mol. The van der Waals surface area contributed by atoms with Crippen molar-refractivity contribution in [2.24, 2.45) is 5.41 Å². The van der Waals surface area contributed by atoms with Gasteiger partial charge in [0, 0.05) is 18.8 Å². The van der Waals surface area contributed by atoms with Gasteiger partial charge in [-0.2, -0.15) is 5.10 Å². The fraction of sp³-hybridized carbons (Fsp3) is 0.786. The summed E-state index contributed by atoms with van der Waals surface area (Å²) in [5.41, 5.74) is 2.62. The van der Waals surface area contributed by atoms with Crippen molar-refractivity contribution in [1.29, 1.82) is 0 Å². The van der Waals surface area contributed by atoms with E-state index >= 15 is 0 Å². The van der Waals surface area contributed by atoms with Crippen molar-refractivity contribution >= 4 is 0 Å². The van der Waals surface area contributed by atoms with Gasteiger partial charge in [0.1, 0.15) is 0 Å². The topological polar surface area (TPSA) is 38.0 Å². The predicted octanol–water partition coefficient (Wildman–Crippen LogP) is 2.56. The predicted molar refractivity (Wildman–Crippen MR) is 69.0 cm³/mol. The zero-order chi connectivity index (χ0) is 12.3. The van der Waals surface area contributed by atoms with E-state index < -0.39 is 0 Å². The van der Waals surface area contributed by atoms with Crippen molar-refractivity contribution in [2.75, 3.05) is 6.61 Å². The molecule has 0 bridgehead atoms. The largest absolute Gasteiger partial charge is 0.396 e. The lowest BCUT2D eigenvalue weighted by Crippen LogP contribution is -2.25. The van der Waals surface area contributed by atoms with Crippen molar-refractivity contribution in [3.63, 3.8) is 0 Å². The lowest BCUT2D eigenvalue weighted by molar-refractivity contribution is 0.128. The van der Waals surface area contributed by atoms with Crippen molar-refractivity contribution in [1.82, 2.24) is 9.78 Å². The molecule has 17 heavy (non-hydrogen) atoms. The highest BCUT2D eigenvalue weighted by Crippen LogP contribution is 2.40. The van der Waals surface area contributed by atoms with Gasteiger partial charge in [-0.05, 0) is 44.1 Å². The van der Waals surface area contributed by atoms with Crippen LogP contribution in [-0.2, 0) is 19.4 Å². The van der Waals surface area contributed by atoms with E-state index in [1.54, 1.807) is 0 Å². The minimum absolute atomic E-state index is 0.137. The number of nitrogens with zero attached hydrogens (tertiary/aromatic N) is 2. The molecule has 96 valence electrons. The standard InChI is InChI=1S/C14H24N2O/c1-3-12-9-13(16(4-2)15-12)10-14(11-17)7-5-6-8-14/h9,17H,3-8,10-11H2,1-2H3. The van der Waals surface area contributed by atoms with Crippen LogP contribution in [0.15, 0.2) is 6.07 Å². The van der Waals surface area contributed by atoms with Gasteiger partial charge >= 0.3 is 0 Å². The van der Waals surface area contributed by atoms with Gasteiger partial charge in [-0.15, -0.1) is 0 Å². The molecule has 0 amide bonds. The van der Waals surface area contributed by atoms with E-state index in [1.165, 1.54) is 37.1 Å². The van der Waals surface area contributed by atoms with Crippen LogP contribution in [0.4, 0.5) is 0 Å². The summed E-state index contributed by atoms with van der Waals surface area (Å²) in [5, 5.41) is 14.3. The zero-order valence-electron chi connectivity index (χ0n) is 11.1. The van der Waals surface area contributed by atoms with Gasteiger partial charge in [-0.25, -0.2) is 0 Å². The van der Waals surface area contributed by atoms with Crippen molar-refractivity contribution in [3.8, 4) is 0 Å². The Bertz CT molecular complexity index is 364. The first-order valence-electron chi connectivity index (χ1n) is 6.89. The fourth-order valence-corrected chi connectivity index (χ4v) is 3.00. The lowest BCUT2D eigenvalue weighted by atomic mass is 9.82. The summed E-state index contributed by atoms with van der Waals surface area (Å²) >= 11 is 0. The number of aromatic nitrogens is 2. The van der Waals surface area contributed by atoms with Gasteiger partial charge in [0.05, 0.1) is 5.69 Å². The SMILES string of the molecule is CCc1cc(CC2(CO)CCCC2)n(CC)n1. The average Bonchev–Trinajstić information content (AvgIpc) is 2.97. The molecule has 1 fully saturated rings. The van der Waals surface area contributed by atoms with Crippen LogP contribution in [0, 0.1) is 5.41 Å². The molecule has 1 saturated carbocycles. The number of hydrogen-bond acceptors (Lipinski definition) is 2. The molecule has 1 aliphatic rings. The Kier molecular flexibility index (Phi) is 3.87. The zero-order valence-corrected chi connectivity index (χ0v) is 11.1. The van der Waals surface area contributed by atoms with Gasteiger partial charge in [0.2, 0.25) is 0 Å². The maximum absolute atomic E-state index is 9.68. The van der Waals surface area contributed by atoms with Crippen molar-refractivity contribution in [2.45, 2.75) is 58.9 Å². The van der Waals surface area contributed by atoms with Crippen LogP contribution in [0.3, 0.4) is 0 Å². The number of aliphatic hydroxyl groups excluding tert-OH is 1. The molecule has 0 radical (unpaired) electrons. The molecule has 3 heteroatoms. The molecule has 1 heterocycles. The second-order valence-corrected chi connectivity index (χ2v) is 5.34. The summed E-state index contributed by atoms with van der Waals surface area (Å²) in [4.78, 5) is 0. The highest BCUT2D eigenvalue weighted by molar-refractivity contribution is 5.13. The third-order valence-electron chi connectivity index (χ3n) is 4.13. The van der Waals surface area contributed by atoms with Crippen LogP contribution >= 0.6 is 0 Å². The molecular weight excluding hydrogens is 212 g/mol. The maximum Gasteiger partial charge on any atom is 0.0624 e. The Hall–Kier alpha value is -0.830. The highest BCUT2D eigenvalue weighted by Gasteiger charge is 2.34. The Morgan fingerprint density at radius 3 is 2.59 bits per heavy atom.